The predicted molar refractivity (Wildman–Crippen MR) is 57.4 cm³/mol. The van der Waals surface area contributed by atoms with E-state index >= 15 is 0 Å². The minimum atomic E-state index is 1.08. The summed E-state index contributed by atoms with van der Waals surface area (Å²) >= 11 is 0. The Balaban J connectivity index is 2.89. The first-order valence-electron chi connectivity index (χ1n) is 4.09. The number of allylic oxidation sites excluding steroid dienone is 1. The molecule has 0 saturated heterocycles. The van der Waals surface area contributed by atoms with E-state index in [1.165, 1.54) is 11.0 Å². The number of hydrogen-bond donors (Lipinski definition) is 0. The van der Waals surface area contributed by atoms with Crippen LogP contribution < -0.4 is 5.46 Å². The fraction of sp³-hybridized carbons (Fsp3) is 0.182. The number of hydrogen-bond acceptors (Lipinski definition) is 0. The molecule has 12 heavy (non-hydrogen) atoms. The van der Waals surface area contributed by atoms with Crippen molar-refractivity contribution in [2.24, 2.45) is 0 Å². The van der Waals surface area contributed by atoms with Crippen LogP contribution in [0.5, 0.6) is 0 Å². The molecule has 0 radical (unpaired) electrons. The number of benzene rings is 1. The molecule has 0 bridgehead atoms. The molecule has 0 spiro atoms. The molecule has 1 heteroatoms. The third kappa shape index (κ3) is 2.50. The van der Waals surface area contributed by atoms with E-state index in [0.29, 0.717) is 0 Å². The molecule has 0 amide bonds. The van der Waals surface area contributed by atoms with E-state index in [9.17, 15) is 0 Å². The van der Waals surface area contributed by atoms with Gasteiger partial charge in [-0.25, -0.2) is 0 Å². The summed E-state index contributed by atoms with van der Waals surface area (Å²) in [5, 5.41) is 0. The fourth-order valence-electron chi connectivity index (χ4n) is 1.01. The summed E-state index contributed by atoms with van der Waals surface area (Å²) in [4.78, 5) is 0. The molecular formula is C11H13B. The van der Waals surface area contributed by atoms with Crippen molar-refractivity contribution in [3.05, 3.63) is 42.0 Å². The summed E-state index contributed by atoms with van der Waals surface area (Å²) < 4.78 is 0. The first-order valence-corrected chi connectivity index (χ1v) is 4.09. The summed E-state index contributed by atoms with van der Waals surface area (Å²) in [5.74, 6) is 2.03. The van der Waals surface area contributed by atoms with Gasteiger partial charge in [0.05, 0.1) is 0 Å². The van der Waals surface area contributed by atoms with E-state index < -0.39 is 0 Å². The first kappa shape index (κ1) is 8.99. The summed E-state index contributed by atoms with van der Waals surface area (Å²) in [6.07, 6.45) is 0. The van der Waals surface area contributed by atoms with Gasteiger partial charge in [0.1, 0.15) is 0 Å². The zero-order valence-electron chi connectivity index (χ0n) is 7.67. The average molecular weight is 156 g/mol. The Bertz CT molecular complexity index is 311. The Kier molecular flexibility index (Phi) is 3.04. The SMILES string of the molecule is C=C(C)C=Bc1ccccc1C. The zero-order chi connectivity index (χ0) is 8.97. The summed E-state index contributed by atoms with van der Waals surface area (Å²) in [6, 6.07) is 8.31. The monoisotopic (exact) mass is 156 g/mol. The Morgan fingerprint density at radius 2 is 2.08 bits per heavy atom. The Morgan fingerprint density at radius 1 is 1.42 bits per heavy atom. The van der Waals surface area contributed by atoms with Crippen molar-refractivity contribution in [2.45, 2.75) is 13.8 Å². The first-order chi connectivity index (χ1) is 5.70. The van der Waals surface area contributed by atoms with Gasteiger partial charge in [-0.05, 0) is 0 Å². The van der Waals surface area contributed by atoms with Crippen LogP contribution in [0.25, 0.3) is 0 Å². The van der Waals surface area contributed by atoms with Crippen LogP contribution in [0.4, 0.5) is 0 Å². The van der Waals surface area contributed by atoms with E-state index in [4.69, 9.17) is 0 Å². The van der Waals surface area contributed by atoms with E-state index in [1.54, 1.807) is 0 Å². The van der Waals surface area contributed by atoms with Gasteiger partial charge in [-0.2, -0.15) is 0 Å². The van der Waals surface area contributed by atoms with Crippen LogP contribution in [0, 0.1) is 6.92 Å². The number of rotatable bonds is 2. The average Bonchev–Trinajstić information content (AvgIpc) is 2.03. The van der Waals surface area contributed by atoms with Crippen LogP contribution in [-0.4, -0.2) is 12.9 Å². The van der Waals surface area contributed by atoms with Crippen LogP contribution in [0.2, 0.25) is 0 Å². The van der Waals surface area contributed by atoms with Gasteiger partial charge < -0.3 is 0 Å². The quantitative estimate of drug-likeness (QED) is 0.571. The van der Waals surface area contributed by atoms with Crippen LogP contribution in [0.1, 0.15) is 12.5 Å². The van der Waals surface area contributed by atoms with Gasteiger partial charge in [-0.15, -0.1) is 0 Å². The molecule has 0 nitrogen and oxygen atoms in total. The minimum absolute atomic E-state index is 1.08. The normalized spacial score (nSPS) is 9.83. The van der Waals surface area contributed by atoms with Crippen molar-refractivity contribution in [2.75, 3.05) is 0 Å². The second kappa shape index (κ2) is 4.05. The van der Waals surface area contributed by atoms with Crippen molar-refractivity contribution < 1.29 is 0 Å². The zero-order valence-corrected chi connectivity index (χ0v) is 7.67. The third-order valence-corrected chi connectivity index (χ3v) is 1.74. The molecule has 0 N–H and O–H groups in total. The second-order valence-electron chi connectivity index (χ2n) is 3.04. The van der Waals surface area contributed by atoms with Gasteiger partial charge in [-0.1, -0.05) is 0 Å². The number of aryl methyl sites for hydroxylation is 1. The molecule has 1 aromatic carbocycles. The van der Waals surface area contributed by atoms with E-state index in [0.717, 1.165) is 5.57 Å². The predicted octanol–water partition coefficient (Wildman–Crippen LogP) is 1.70. The Labute approximate surface area is 74.8 Å². The topological polar surface area (TPSA) is 0 Å². The van der Waals surface area contributed by atoms with Gasteiger partial charge in [0.25, 0.3) is 0 Å². The maximum atomic E-state index is 3.81. The van der Waals surface area contributed by atoms with Crippen molar-refractivity contribution in [1.29, 1.82) is 0 Å². The molecule has 0 heterocycles. The van der Waals surface area contributed by atoms with Gasteiger partial charge in [0.2, 0.25) is 0 Å². The summed E-state index contributed by atoms with van der Waals surface area (Å²) in [6.45, 7) is 10.0. The Hall–Kier alpha value is -1.11. The van der Waals surface area contributed by atoms with E-state index in [1.807, 2.05) is 25.0 Å². The van der Waals surface area contributed by atoms with Crippen LogP contribution in [0.15, 0.2) is 36.4 Å². The molecular weight excluding hydrogens is 143 g/mol. The van der Waals surface area contributed by atoms with Crippen molar-refractivity contribution in [3.8, 4) is 0 Å². The van der Waals surface area contributed by atoms with Gasteiger partial charge in [0.15, 0.2) is 0 Å². The maximum absolute atomic E-state index is 3.81. The van der Waals surface area contributed by atoms with Crippen LogP contribution >= 0.6 is 0 Å². The van der Waals surface area contributed by atoms with Crippen LogP contribution in [-0.2, 0) is 0 Å². The fourth-order valence-corrected chi connectivity index (χ4v) is 1.01. The molecule has 0 saturated carbocycles. The third-order valence-electron chi connectivity index (χ3n) is 1.74. The van der Waals surface area contributed by atoms with Crippen molar-refractivity contribution >= 4 is 18.4 Å². The molecule has 1 rings (SSSR count). The van der Waals surface area contributed by atoms with Gasteiger partial charge in [0, 0.05) is 0 Å². The molecule has 0 unspecified atom stereocenters. The molecule has 60 valence electrons. The summed E-state index contributed by atoms with van der Waals surface area (Å²) in [7, 11) is 0. The Morgan fingerprint density at radius 3 is 2.67 bits per heavy atom. The molecule has 0 aromatic heterocycles. The molecule has 0 fully saturated rings. The molecule has 0 atom stereocenters. The molecule has 0 aliphatic carbocycles. The standard InChI is InChI=1S/C11H13B/c1-9(2)8-12-11-7-5-4-6-10(11)3/h4-8H,1H2,2-3H3. The molecule has 1 aromatic rings. The van der Waals surface area contributed by atoms with E-state index in [2.05, 4.69) is 32.6 Å². The van der Waals surface area contributed by atoms with Crippen LogP contribution in [0.3, 0.4) is 0 Å². The molecule has 0 aliphatic rings. The second-order valence-corrected chi connectivity index (χ2v) is 3.04. The molecule has 0 aliphatic heterocycles. The van der Waals surface area contributed by atoms with Crippen molar-refractivity contribution in [1.82, 2.24) is 0 Å². The van der Waals surface area contributed by atoms with Gasteiger partial charge >= 0.3 is 74.2 Å². The summed E-state index contributed by atoms with van der Waals surface area (Å²) in [5.41, 5.74) is 3.65. The van der Waals surface area contributed by atoms with E-state index in [-0.39, 0.29) is 0 Å². The van der Waals surface area contributed by atoms with Crippen molar-refractivity contribution in [3.63, 3.8) is 0 Å². The van der Waals surface area contributed by atoms with Gasteiger partial charge in [-0.3, -0.25) is 0 Å².